The zero-order chi connectivity index (χ0) is 20.8. The maximum absolute atomic E-state index is 12.5. The number of pyridine rings is 1. The smallest absolute Gasteiger partial charge is 0.264 e. The number of aryl methyl sites for hydroxylation is 1. The molecule has 0 aliphatic carbocycles. The molecule has 0 radical (unpaired) electrons. The van der Waals surface area contributed by atoms with E-state index in [0.717, 1.165) is 36.8 Å². The van der Waals surface area contributed by atoms with Crippen molar-refractivity contribution in [3.63, 3.8) is 0 Å². The number of thiophene rings is 1. The largest absolute Gasteiger partial charge is 0.353 e. The highest BCUT2D eigenvalue weighted by atomic mass is 32.1. The molecule has 3 aromatic heterocycles. The molecular formula is C21H24N6O2S. The summed E-state index contributed by atoms with van der Waals surface area (Å²) in [6.07, 6.45) is 7.86. The Balaban J connectivity index is 1.23. The predicted molar refractivity (Wildman–Crippen MR) is 116 cm³/mol. The number of rotatable bonds is 7. The third kappa shape index (κ3) is 4.85. The first-order valence-electron chi connectivity index (χ1n) is 9.98. The number of carbonyl (C=O) groups excluding carboxylic acids is 2. The average Bonchev–Trinajstić information content (AvgIpc) is 3.51. The Labute approximate surface area is 179 Å². The van der Waals surface area contributed by atoms with E-state index < -0.39 is 0 Å². The van der Waals surface area contributed by atoms with Crippen molar-refractivity contribution in [3.8, 4) is 0 Å². The highest BCUT2D eigenvalue weighted by Gasteiger charge is 2.23. The average molecular weight is 425 g/mol. The van der Waals surface area contributed by atoms with Crippen LogP contribution in [0.2, 0.25) is 0 Å². The lowest BCUT2D eigenvalue weighted by Gasteiger charge is -2.35. The maximum atomic E-state index is 12.5. The molecule has 4 heterocycles. The minimum atomic E-state index is -0.119. The van der Waals surface area contributed by atoms with Crippen LogP contribution in [0.25, 0.3) is 0 Å². The van der Waals surface area contributed by atoms with Crippen LogP contribution < -0.4 is 10.2 Å². The topological polar surface area (TPSA) is 83.4 Å². The first-order chi connectivity index (χ1) is 14.7. The summed E-state index contributed by atoms with van der Waals surface area (Å²) in [6, 6.07) is 7.44. The summed E-state index contributed by atoms with van der Waals surface area (Å²) < 4.78 is 1.98. The van der Waals surface area contributed by atoms with Crippen molar-refractivity contribution >= 4 is 29.0 Å². The van der Waals surface area contributed by atoms with E-state index in [1.165, 1.54) is 11.3 Å². The zero-order valence-corrected chi connectivity index (χ0v) is 17.4. The minimum Gasteiger partial charge on any atom is -0.353 e. The van der Waals surface area contributed by atoms with E-state index in [2.05, 4.69) is 20.2 Å². The molecule has 0 unspecified atom stereocenters. The van der Waals surface area contributed by atoms with Crippen LogP contribution in [0.3, 0.4) is 0 Å². The minimum absolute atomic E-state index is 0.0951. The molecule has 0 saturated carbocycles. The Bertz CT molecular complexity index is 948. The van der Waals surface area contributed by atoms with Gasteiger partial charge in [0.15, 0.2) is 0 Å². The van der Waals surface area contributed by atoms with E-state index in [1.54, 1.807) is 24.8 Å². The van der Waals surface area contributed by atoms with Crippen LogP contribution in [0.15, 0.2) is 54.6 Å². The first-order valence-corrected chi connectivity index (χ1v) is 10.9. The van der Waals surface area contributed by atoms with Gasteiger partial charge in [-0.05, 0) is 30.0 Å². The van der Waals surface area contributed by atoms with Gasteiger partial charge in [0.25, 0.3) is 11.8 Å². The fraction of sp³-hybridized carbons (Fsp3) is 0.333. The number of imidazole rings is 1. The Hall–Kier alpha value is -3.20. The standard InChI is InChI=1S/C21H24N6O2S/c28-20(23-6-2-8-25-9-7-22-16-25)17-4-5-19(24-15-17)26-10-12-27(13-11-26)21(29)18-3-1-14-30-18/h1,3-5,7,9,14-16H,2,6,8,10-13H2,(H,23,28). The molecular weight excluding hydrogens is 400 g/mol. The lowest BCUT2D eigenvalue weighted by Crippen LogP contribution is -2.48. The first kappa shape index (κ1) is 20.1. The third-order valence-corrected chi connectivity index (χ3v) is 5.93. The Kier molecular flexibility index (Phi) is 6.38. The molecule has 3 aromatic rings. The molecule has 1 aliphatic heterocycles. The van der Waals surface area contributed by atoms with Crippen molar-refractivity contribution in [2.75, 3.05) is 37.6 Å². The lowest BCUT2D eigenvalue weighted by atomic mass is 10.2. The Morgan fingerprint density at radius 3 is 2.67 bits per heavy atom. The summed E-state index contributed by atoms with van der Waals surface area (Å²) in [6.45, 7) is 4.19. The molecule has 1 saturated heterocycles. The molecule has 4 rings (SSSR count). The number of anilines is 1. The molecule has 2 amide bonds. The van der Waals surface area contributed by atoms with Crippen molar-refractivity contribution in [2.24, 2.45) is 0 Å². The normalized spacial score (nSPS) is 14.0. The summed E-state index contributed by atoms with van der Waals surface area (Å²) in [5.41, 5.74) is 0.549. The fourth-order valence-corrected chi connectivity index (χ4v) is 4.08. The fourth-order valence-electron chi connectivity index (χ4n) is 3.39. The molecule has 0 bridgehead atoms. The molecule has 156 valence electrons. The highest BCUT2D eigenvalue weighted by Crippen LogP contribution is 2.17. The molecule has 1 N–H and O–H groups in total. The van der Waals surface area contributed by atoms with E-state index in [-0.39, 0.29) is 11.8 Å². The van der Waals surface area contributed by atoms with Gasteiger partial charge in [-0.2, -0.15) is 0 Å². The summed E-state index contributed by atoms with van der Waals surface area (Å²) in [4.78, 5) is 38.0. The van der Waals surface area contributed by atoms with Gasteiger partial charge in [0.05, 0.1) is 16.8 Å². The van der Waals surface area contributed by atoms with Gasteiger partial charge in [0.1, 0.15) is 5.82 Å². The molecule has 0 spiro atoms. The monoisotopic (exact) mass is 424 g/mol. The SMILES string of the molecule is O=C(NCCCn1ccnc1)c1ccc(N2CCN(C(=O)c3cccs3)CC2)nc1. The quantitative estimate of drug-likeness (QED) is 0.588. The van der Waals surface area contributed by atoms with Gasteiger partial charge < -0.3 is 19.7 Å². The summed E-state index contributed by atoms with van der Waals surface area (Å²) in [5, 5.41) is 4.84. The second kappa shape index (κ2) is 9.53. The van der Waals surface area contributed by atoms with Crippen LogP contribution in [0.1, 0.15) is 26.5 Å². The molecule has 0 atom stereocenters. The molecule has 1 fully saturated rings. The van der Waals surface area contributed by atoms with E-state index in [4.69, 9.17) is 0 Å². The third-order valence-electron chi connectivity index (χ3n) is 5.07. The molecule has 9 heteroatoms. The molecule has 1 aliphatic rings. The Morgan fingerprint density at radius 1 is 1.13 bits per heavy atom. The van der Waals surface area contributed by atoms with Crippen LogP contribution in [-0.4, -0.2) is 64.0 Å². The summed E-state index contributed by atoms with van der Waals surface area (Å²) >= 11 is 1.47. The number of carbonyl (C=O) groups is 2. The number of amides is 2. The predicted octanol–water partition coefficient (Wildman–Crippen LogP) is 2.12. The maximum Gasteiger partial charge on any atom is 0.264 e. The summed E-state index contributed by atoms with van der Waals surface area (Å²) in [7, 11) is 0. The van der Waals surface area contributed by atoms with Crippen molar-refractivity contribution in [3.05, 3.63) is 65.0 Å². The van der Waals surface area contributed by atoms with Crippen LogP contribution in [0, 0.1) is 0 Å². The zero-order valence-electron chi connectivity index (χ0n) is 16.6. The number of hydrogen-bond donors (Lipinski definition) is 1. The Morgan fingerprint density at radius 2 is 2.00 bits per heavy atom. The van der Waals surface area contributed by atoms with Gasteiger partial charge >= 0.3 is 0 Å². The van der Waals surface area contributed by atoms with E-state index in [9.17, 15) is 9.59 Å². The molecule has 0 aromatic carbocycles. The van der Waals surface area contributed by atoms with Crippen LogP contribution >= 0.6 is 11.3 Å². The van der Waals surface area contributed by atoms with E-state index in [1.807, 2.05) is 39.2 Å². The van der Waals surface area contributed by atoms with Crippen molar-refractivity contribution < 1.29 is 9.59 Å². The van der Waals surface area contributed by atoms with Crippen molar-refractivity contribution in [2.45, 2.75) is 13.0 Å². The van der Waals surface area contributed by atoms with Gasteiger partial charge in [-0.15, -0.1) is 11.3 Å². The van der Waals surface area contributed by atoms with Gasteiger partial charge in [-0.1, -0.05) is 6.07 Å². The molecule has 8 nitrogen and oxygen atoms in total. The van der Waals surface area contributed by atoms with Crippen LogP contribution in [0.4, 0.5) is 5.82 Å². The van der Waals surface area contributed by atoms with Gasteiger partial charge in [-0.3, -0.25) is 9.59 Å². The number of aromatic nitrogens is 3. The number of nitrogens with one attached hydrogen (secondary N) is 1. The second-order valence-electron chi connectivity index (χ2n) is 7.07. The summed E-state index contributed by atoms with van der Waals surface area (Å²) in [5.74, 6) is 0.804. The van der Waals surface area contributed by atoms with E-state index >= 15 is 0 Å². The van der Waals surface area contributed by atoms with Gasteiger partial charge in [0.2, 0.25) is 0 Å². The molecule has 30 heavy (non-hydrogen) atoms. The highest BCUT2D eigenvalue weighted by molar-refractivity contribution is 7.12. The number of piperazine rings is 1. The van der Waals surface area contributed by atoms with Crippen LogP contribution in [0.5, 0.6) is 0 Å². The van der Waals surface area contributed by atoms with E-state index in [0.29, 0.717) is 25.2 Å². The van der Waals surface area contributed by atoms with Gasteiger partial charge in [0, 0.05) is 57.9 Å². The lowest BCUT2D eigenvalue weighted by molar-refractivity contribution is 0.0751. The van der Waals surface area contributed by atoms with Crippen molar-refractivity contribution in [1.29, 1.82) is 0 Å². The van der Waals surface area contributed by atoms with Gasteiger partial charge in [-0.25, -0.2) is 9.97 Å². The second-order valence-corrected chi connectivity index (χ2v) is 8.02. The van der Waals surface area contributed by atoms with Crippen molar-refractivity contribution in [1.82, 2.24) is 24.8 Å². The number of hydrogen-bond acceptors (Lipinski definition) is 6. The van der Waals surface area contributed by atoms with Crippen LogP contribution in [-0.2, 0) is 6.54 Å². The number of nitrogens with zero attached hydrogens (tertiary/aromatic N) is 5.